The third-order valence-corrected chi connectivity index (χ3v) is 5.70. The lowest BCUT2D eigenvalue weighted by molar-refractivity contribution is -0.144. The van der Waals surface area contributed by atoms with Crippen molar-refractivity contribution in [2.45, 2.75) is 44.9 Å². The largest absolute Gasteiger partial charge is 0.465 e. The Hall–Kier alpha value is -2.02. The van der Waals surface area contributed by atoms with Crippen molar-refractivity contribution in [3.63, 3.8) is 0 Å². The van der Waals surface area contributed by atoms with E-state index >= 15 is 0 Å². The van der Waals surface area contributed by atoms with Gasteiger partial charge in [-0.15, -0.1) is 0 Å². The number of esters is 1. The Morgan fingerprint density at radius 2 is 1.85 bits per heavy atom. The van der Waals surface area contributed by atoms with Crippen molar-refractivity contribution in [2.75, 3.05) is 6.61 Å². The van der Waals surface area contributed by atoms with E-state index in [0.29, 0.717) is 13.0 Å². The highest BCUT2D eigenvalue weighted by Gasteiger charge is 2.39. The van der Waals surface area contributed by atoms with Gasteiger partial charge in [0.15, 0.2) is 10.8 Å². The van der Waals surface area contributed by atoms with Gasteiger partial charge in [0, 0.05) is 24.5 Å². The van der Waals surface area contributed by atoms with Gasteiger partial charge in [-0.2, -0.15) is 4.55 Å². The lowest BCUT2D eigenvalue weighted by Gasteiger charge is -2.20. The van der Waals surface area contributed by atoms with E-state index in [-0.39, 0.29) is 10.7 Å². The topological polar surface area (TPSA) is 63.5 Å². The normalized spacial score (nSPS) is 13.8. The molecule has 0 saturated heterocycles. The van der Waals surface area contributed by atoms with Crippen molar-refractivity contribution in [3.05, 3.63) is 60.9 Å². The summed E-state index contributed by atoms with van der Waals surface area (Å²) in [5, 5.41) is 0. The van der Waals surface area contributed by atoms with E-state index in [1.165, 1.54) is 0 Å². The van der Waals surface area contributed by atoms with Gasteiger partial charge in [-0.05, 0) is 63.1 Å². The first-order valence-electron chi connectivity index (χ1n) is 9.00. The van der Waals surface area contributed by atoms with Crippen LogP contribution in [0, 0.1) is 0 Å². The molecule has 0 spiro atoms. The SMILES string of the molecule is C=C(CC(N[S+](O)C(C)(C)C)C(=O)OCC)c1ccc(-n2cccc2)cc1. The first-order chi connectivity index (χ1) is 12.7. The minimum Gasteiger partial charge on any atom is -0.465 e. The molecule has 0 aliphatic heterocycles. The number of ether oxygens (including phenoxy) is 1. The molecule has 1 aromatic carbocycles. The predicted octanol–water partition coefficient (Wildman–Crippen LogP) is 4.21. The quantitative estimate of drug-likeness (QED) is 0.524. The van der Waals surface area contributed by atoms with Crippen LogP contribution in [0.15, 0.2) is 55.4 Å². The summed E-state index contributed by atoms with van der Waals surface area (Å²) in [6, 6.07) is 11.3. The molecule has 0 fully saturated rings. The van der Waals surface area contributed by atoms with E-state index in [0.717, 1.165) is 16.8 Å². The average molecular weight is 390 g/mol. The summed E-state index contributed by atoms with van der Waals surface area (Å²) in [5.74, 6) is -0.376. The molecule has 2 atom stereocenters. The number of hydrogen-bond donors (Lipinski definition) is 2. The van der Waals surface area contributed by atoms with Gasteiger partial charge >= 0.3 is 5.97 Å². The zero-order chi connectivity index (χ0) is 20.0. The lowest BCUT2D eigenvalue weighted by Crippen LogP contribution is -2.48. The van der Waals surface area contributed by atoms with E-state index in [4.69, 9.17) is 4.74 Å². The molecule has 27 heavy (non-hydrogen) atoms. The second kappa shape index (κ2) is 9.26. The van der Waals surface area contributed by atoms with Crippen LogP contribution in [0.4, 0.5) is 0 Å². The summed E-state index contributed by atoms with van der Waals surface area (Å²) in [5.41, 5.74) is 2.82. The zero-order valence-electron chi connectivity index (χ0n) is 16.4. The second-order valence-corrected chi connectivity index (χ2v) is 9.29. The smallest absolute Gasteiger partial charge is 0.328 e. The molecule has 2 rings (SSSR count). The van der Waals surface area contributed by atoms with Crippen LogP contribution in [-0.4, -0.2) is 32.5 Å². The number of carbonyl (C=O) groups excluding carboxylic acids is 1. The first kappa shape index (κ1) is 21.3. The summed E-state index contributed by atoms with van der Waals surface area (Å²) in [7, 11) is 0. The Bertz CT molecular complexity index is 749. The molecule has 0 radical (unpaired) electrons. The number of rotatable bonds is 8. The number of carbonyl (C=O) groups is 1. The molecule has 1 heterocycles. The van der Waals surface area contributed by atoms with Crippen LogP contribution in [0.5, 0.6) is 0 Å². The highest BCUT2D eigenvalue weighted by molar-refractivity contribution is 7.90. The van der Waals surface area contributed by atoms with Crippen LogP contribution >= 0.6 is 0 Å². The number of nitrogens with one attached hydrogen (secondary N) is 1. The summed E-state index contributed by atoms with van der Waals surface area (Å²) >= 11 is -1.13. The molecule has 0 amide bonds. The van der Waals surface area contributed by atoms with E-state index in [1.54, 1.807) is 6.92 Å². The highest BCUT2D eigenvalue weighted by Crippen LogP contribution is 2.22. The van der Waals surface area contributed by atoms with Crippen molar-refractivity contribution in [1.82, 2.24) is 9.29 Å². The van der Waals surface area contributed by atoms with Crippen molar-refractivity contribution in [2.24, 2.45) is 0 Å². The maximum atomic E-state index is 12.3. The monoisotopic (exact) mass is 389 g/mol. The van der Waals surface area contributed by atoms with E-state index in [9.17, 15) is 9.35 Å². The van der Waals surface area contributed by atoms with Crippen LogP contribution < -0.4 is 4.72 Å². The molecular formula is C21H29N2O3S+. The molecule has 6 heteroatoms. The number of aromatic nitrogens is 1. The summed E-state index contributed by atoms with van der Waals surface area (Å²) in [6.07, 6.45) is 4.33. The Morgan fingerprint density at radius 1 is 1.26 bits per heavy atom. The molecule has 2 aromatic rings. The Balaban J connectivity index is 2.11. The number of nitrogens with zero attached hydrogens (tertiary/aromatic N) is 1. The van der Waals surface area contributed by atoms with Crippen LogP contribution in [0.3, 0.4) is 0 Å². The molecule has 2 unspecified atom stereocenters. The maximum absolute atomic E-state index is 12.3. The van der Waals surface area contributed by atoms with E-state index in [1.807, 2.05) is 74.1 Å². The van der Waals surface area contributed by atoms with Gasteiger partial charge in [-0.1, -0.05) is 23.4 Å². The fourth-order valence-electron chi connectivity index (χ4n) is 2.47. The molecule has 0 saturated carbocycles. The standard InChI is InChI=1S/C21H29N2O3S/c1-6-26-20(24)19(22-27(25)21(3,4)5)15-16(2)17-9-11-18(12-10-17)23-13-7-8-14-23/h7-14,19,22,25H,2,6,15H2,1,3-5H3/q+1. The van der Waals surface area contributed by atoms with Crippen LogP contribution in [0.25, 0.3) is 11.3 Å². The van der Waals surface area contributed by atoms with Crippen LogP contribution in [0.1, 0.15) is 39.7 Å². The lowest BCUT2D eigenvalue weighted by atomic mass is 10.0. The third kappa shape index (κ3) is 5.99. The van der Waals surface area contributed by atoms with Crippen molar-refractivity contribution < 1.29 is 14.1 Å². The van der Waals surface area contributed by atoms with Gasteiger partial charge in [0.2, 0.25) is 11.4 Å². The number of hydrogen-bond acceptors (Lipinski definition) is 4. The first-order valence-corrected chi connectivity index (χ1v) is 10.2. The van der Waals surface area contributed by atoms with Crippen molar-refractivity contribution in [3.8, 4) is 5.69 Å². The van der Waals surface area contributed by atoms with Gasteiger partial charge in [0.05, 0.1) is 6.61 Å². The Morgan fingerprint density at radius 3 is 2.37 bits per heavy atom. The molecule has 146 valence electrons. The fourth-order valence-corrected chi connectivity index (χ4v) is 3.27. The average Bonchev–Trinajstić information content (AvgIpc) is 3.15. The van der Waals surface area contributed by atoms with Crippen molar-refractivity contribution in [1.29, 1.82) is 0 Å². The fraction of sp³-hybridized carbons (Fsp3) is 0.381. The minimum atomic E-state index is -1.13. The molecule has 0 bridgehead atoms. The van der Waals surface area contributed by atoms with Gasteiger partial charge in [-0.25, -0.2) is 0 Å². The molecule has 0 aliphatic rings. The summed E-state index contributed by atoms with van der Waals surface area (Å²) in [6.45, 7) is 12.0. The van der Waals surface area contributed by atoms with Crippen LogP contribution in [0.2, 0.25) is 0 Å². The Kier molecular flexibility index (Phi) is 7.30. The molecule has 0 aliphatic carbocycles. The maximum Gasteiger partial charge on any atom is 0.328 e. The third-order valence-electron chi connectivity index (χ3n) is 4.03. The zero-order valence-corrected chi connectivity index (χ0v) is 17.3. The van der Waals surface area contributed by atoms with Gasteiger partial charge < -0.3 is 9.30 Å². The molecule has 1 aromatic heterocycles. The summed E-state index contributed by atoms with van der Waals surface area (Å²) < 4.78 is 20.2. The van der Waals surface area contributed by atoms with Crippen LogP contribution in [-0.2, 0) is 20.9 Å². The Labute approximate surface area is 164 Å². The van der Waals surface area contributed by atoms with Crippen molar-refractivity contribution >= 4 is 22.9 Å². The van der Waals surface area contributed by atoms with E-state index < -0.39 is 17.4 Å². The summed E-state index contributed by atoms with van der Waals surface area (Å²) in [4.78, 5) is 12.3. The highest BCUT2D eigenvalue weighted by atomic mass is 32.2. The van der Waals surface area contributed by atoms with Gasteiger partial charge in [0.25, 0.3) is 0 Å². The molecule has 2 N–H and O–H groups in total. The molecule has 5 nitrogen and oxygen atoms in total. The van der Waals surface area contributed by atoms with E-state index in [2.05, 4.69) is 11.3 Å². The molecular weight excluding hydrogens is 360 g/mol. The second-order valence-electron chi connectivity index (χ2n) is 7.26. The number of benzene rings is 1. The van der Waals surface area contributed by atoms with Gasteiger partial charge in [0.1, 0.15) is 0 Å². The van der Waals surface area contributed by atoms with Gasteiger partial charge in [-0.3, -0.25) is 4.79 Å². The minimum absolute atomic E-state index is 0.295. The predicted molar refractivity (Wildman–Crippen MR) is 113 cm³/mol.